The Balaban J connectivity index is 2.00. The summed E-state index contributed by atoms with van der Waals surface area (Å²) >= 11 is 4.88. The molecule has 94 valence electrons. The Bertz CT molecular complexity index is 601. The smallest absolute Gasteiger partial charge is 0.214 e. The number of nitrogens with two attached hydrogens (primary N) is 1. The second kappa shape index (κ2) is 5.46. The summed E-state index contributed by atoms with van der Waals surface area (Å²) in [4.78, 5) is 5.19. The molecule has 0 atom stereocenters. The standard InChI is InChI=1S/C11H13N5OS/c1-8(9-5-3-2-4-6-9)15-17-7-10-13-14-11(18)16(10)12/h2-6H,7,12H2,1H3,(H,14,18)/b15-8+. The highest BCUT2D eigenvalue weighted by atomic mass is 32.1. The molecule has 0 saturated heterocycles. The number of oxime groups is 1. The van der Waals surface area contributed by atoms with Crippen molar-refractivity contribution in [1.29, 1.82) is 0 Å². The highest BCUT2D eigenvalue weighted by Crippen LogP contribution is 2.02. The maximum Gasteiger partial charge on any atom is 0.214 e. The molecule has 1 aromatic heterocycles. The van der Waals surface area contributed by atoms with Crippen LogP contribution in [0.1, 0.15) is 18.3 Å². The van der Waals surface area contributed by atoms with Gasteiger partial charge in [0, 0.05) is 0 Å². The molecule has 2 rings (SSSR count). The maximum atomic E-state index is 5.62. The molecular formula is C11H13N5OS. The molecule has 0 radical (unpaired) electrons. The van der Waals surface area contributed by atoms with Crippen LogP contribution >= 0.6 is 12.2 Å². The largest absolute Gasteiger partial charge is 0.387 e. The monoisotopic (exact) mass is 263 g/mol. The third-order valence-corrected chi connectivity index (χ3v) is 2.65. The lowest BCUT2D eigenvalue weighted by atomic mass is 10.1. The molecule has 0 unspecified atom stereocenters. The molecule has 0 spiro atoms. The highest BCUT2D eigenvalue weighted by molar-refractivity contribution is 7.71. The van der Waals surface area contributed by atoms with Crippen LogP contribution in [-0.2, 0) is 11.4 Å². The van der Waals surface area contributed by atoms with Crippen LogP contribution in [0, 0.1) is 4.77 Å². The summed E-state index contributed by atoms with van der Waals surface area (Å²) in [5, 5.41) is 10.5. The van der Waals surface area contributed by atoms with E-state index in [1.807, 2.05) is 37.3 Å². The summed E-state index contributed by atoms with van der Waals surface area (Å²) in [7, 11) is 0. The molecule has 3 N–H and O–H groups in total. The zero-order chi connectivity index (χ0) is 13.0. The lowest BCUT2D eigenvalue weighted by Gasteiger charge is -2.01. The van der Waals surface area contributed by atoms with Crippen molar-refractivity contribution >= 4 is 17.9 Å². The Morgan fingerprint density at radius 2 is 2.22 bits per heavy atom. The molecule has 1 heterocycles. The predicted octanol–water partition coefficient (Wildman–Crippen LogP) is 1.60. The van der Waals surface area contributed by atoms with E-state index in [0.717, 1.165) is 11.3 Å². The molecule has 2 aromatic rings. The van der Waals surface area contributed by atoms with Gasteiger partial charge in [-0.25, -0.2) is 4.68 Å². The molecule has 0 aliphatic carbocycles. The van der Waals surface area contributed by atoms with Crippen LogP contribution in [0.2, 0.25) is 0 Å². The molecule has 0 amide bonds. The number of aromatic amines is 1. The Labute approximate surface area is 109 Å². The average Bonchev–Trinajstić information content (AvgIpc) is 2.71. The van der Waals surface area contributed by atoms with Crippen molar-refractivity contribution < 1.29 is 4.84 Å². The van der Waals surface area contributed by atoms with Crippen molar-refractivity contribution in [2.45, 2.75) is 13.5 Å². The second-order valence-electron chi connectivity index (χ2n) is 3.63. The van der Waals surface area contributed by atoms with E-state index < -0.39 is 0 Å². The van der Waals surface area contributed by atoms with Gasteiger partial charge in [0.05, 0.1) is 5.71 Å². The molecule has 0 aliphatic rings. The van der Waals surface area contributed by atoms with Crippen LogP contribution < -0.4 is 5.84 Å². The minimum absolute atomic E-state index is 0.161. The second-order valence-corrected chi connectivity index (χ2v) is 4.02. The van der Waals surface area contributed by atoms with Gasteiger partial charge in [-0.2, -0.15) is 5.10 Å². The summed E-state index contributed by atoms with van der Waals surface area (Å²) in [6, 6.07) is 9.75. The van der Waals surface area contributed by atoms with Crippen molar-refractivity contribution in [3.63, 3.8) is 0 Å². The van der Waals surface area contributed by atoms with E-state index in [1.54, 1.807) is 0 Å². The van der Waals surface area contributed by atoms with Gasteiger partial charge in [0.2, 0.25) is 4.77 Å². The number of H-pyrrole nitrogens is 1. The van der Waals surface area contributed by atoms with Gasteiger partial charge in [0.15, 0.2) is 12.4 Å². The van der Waals surface area contributed by atoms with Gasteiger partial charge >= 0.3 is 0 Å². The van der Waals surface area contributed by atoms with E-state index in [0.29, 0.717) is 10.6 Å². The third kappa shape index (κ3) is 2.75. The fourth-order valence-corrected chi connectivity index (χ4v) is 1.51. The molecule has 6 nitrogen and oxygen atoms in total. The van der Waals surface area contributed by atoms with E-state index in [2.05, 4.69) is 15.4 Å². The minimum atomic E-state index is 0.161. The van der Waals surface area contributed by atoms with E-state index in [9.17, 15) is 0 Å². The summed E-state index contributed by atoms with van der Waals surface area (Å²) < 4.78 is 1.60. The normalized spacial score (nSPS) is 11.5. The molecule has 0 bridgehead atoms. The van der Waals surface area contributed by atoms with E-state index in [-0.39, 0.29) is 6.61 Å². The summed E-state index contributed by atoms with van der Waals surface area (Å²) in [5.41, 5.74) is 1.79. The number of nitrogens with zero attached hydrogens (tertiary/aromatic N) is 3. The summed E-state index contributed by atoms with van der Waals surface area (Å²) in [5.74, 6) is 6.11. The Morgan fingerprint density at radius 1 is 1.50 bits per heavy atom. The summed E-state index contributed by atoms with van der Waals surface area (Å²) in [6.45, 7) is 2.03. The number of rotatable bonds is 4. The quantitative estimate of drug-likeness (QED) is 0.380. The lowest BCUT2D eigenvalue weighted by molar-refractivity contribution is 0.123. The summed E-state index contributed by atoms with van der Waals surface area (Å²) in [6.07, 6.45) is 0. The number of hydrogen-bond acceptors (Lipinski definition) is 5. The zero-order valence-electron chi connectivity index (χ0n) is 9.83. The molecule has 18 heavy (non-hydrogen) atoms. The SMILES string of the molecule is C/C(=N\OCc1n[nH]c(=S)n1N)c1ccccc1. The van der Waals surface area contributed by atoms with E-state index in [4.69, 9.17) is 22.9 Å². The van der Waals surface area contributed by atoms with Crippen LogP contribution in [-0.4, -0.2) is 20.6 Å². The average molecular weight is 263 g/mol. The number of benzene rings is 1. The molecular weight excluding hydrogens is 250 g/mol. The highest BCUT2D eigenvalue weighted by Gasteiger charge is 2.03. The first-order chi connectivity index (χ1) is 8.68. The van der Waals surface area contributed by atoms with Gasteiger partial charge in [-0.15, -0.1) is 0 Å². The third-order valence-electron chi connectivity index (χ3n) is 2.36. The van der Waals surface area contributed by atoms with E-state index in [1.165, 1.54) is 4.68 Å². The zero-order valence-corrected chi connectivity index (χ0v) is 10.6. The van der Waals surface area contributed by atoms with Gasteiger partial charge in [0.1, 0.15) is 0 Å². The number of nitrogen functional groups attached to an aromatic ring is 1. The van der Waals surface area contributed by atoms with Gasteiger partial charge in [-0.05, 0) is 24.7 Å². The van der Waals surface area contributed by atoms with Crippen LogP contribution in [0.25, 0.3) is 0 Å². The fourth-order valence-electron chi connectivity index (χ4n) is 1.36. The van der Waals surface area contributed by atoms with Crippen LogP contribution in [0.3, 0.4) is 0 Å². The number of aromatic nitrogens is 3. The van der Waals surface area contributed by atoms with Gasteiger partial charge in [-0.3, -0.25) is 5.10 Å². The Hall–Kier alpha value is -2.15. The van der Waals surface area contributed by atoms with Crippen molar-refractivity contribution in [3.05, 3.63) is 46.5 Å². The first-order valence-electron chi connectivity index (χ1n) is 5.32. The predicted molar refractivity (Wildman–Crippen MR) is 71.0 cm³/mol. The van der Waals surface area contributed by atoms with Crippen LogP contribution in [0.5, 0.6) is 0 Å². The molecule has 0 saturated carbocycles. The van der Waals surface area contributed by atoms with Crippen LogP contribution in [0.15, 0.2) is 35.5 Å². The Kier molecular flexibility index (Phi) is 3.73. The number of nitrogens with one attached hydrogen (secondary N) is 1. The Morgan fingerprint density at radius 3 is 2.83 bits per heavy atom. The van der Waals surface area contributed by atoms with E-state index >= 15 is 0 Å². The number of hydrogen-bond donors (Lipinski definition) is 2. The fraction of sp³-hybridized carbons (Fsp3) is 0.182. The van der Waals surface area contributed by atoms with Crippen molar-refractivity contribution in [2.75, 3.05) is 5.84 Å². The lowest BCUT2D eigenvalue weighted by Crippen LogP contribution is -2.13. The van der Waals surface area contributed by atoms with Gasteiger partial charge < -0.3 is 10.7 Å². The minimum Gasteiger partial charge on any atom is -0.387 e. The van der Waals surface area contributed by atoms with Gasteiger partial charge in [0.25, 0.3) is 0 Å². The van der Waals surface area contributed by atoms with Crippen molar-refractivity contribution in [1.82, 2.24) is 14.9 Å². The van der Waals surface area contributed by atoms with Crippen molar-refractivity contribution in [2.24, 2.45) is 5.16 Å². The first-order valence-corrected chi connectivity index (χ1v) is 5.72. The molecule has 0 fully saturated rings. The maximum absolute atomic E-state index is 5.62. The molecule has 1 aromatic carbocycles. The molecule has 0 aliphatic heterocycles. The van der Waals surface area contributed by atoms with Crippen LogP contribution in [0.4, 0.5) is 0 Å². The molecule has 7 heteroatoms. The van der Waals surface area contributed by atoms with Gasteiger partial charge in [-0.1, -0.05) is 35.5 Å². The topological polar surface area (TPSA) is 81.2 Å². The van der Waals surface area contributed by atoms with Crippen molar-refractivity contribution in [3.8, 4) is 0 Å². The first kappa shape index (κ1) is 12.3.